The molecule has 3 rings (SSSR count). The van der Waals surface area contributed by atoms with Gasteiger partial charge in [-0.2, -0.15) is 13.2 Å². The third-order valence-electron chi connectivity index (χ3n) is 2.91. The molecule has 0 saturated heterocycles. The van der Waals surface area contributed by atoms with E-state index < -0.39 is 11.7 Å². The fourth-order valence-electron chi connectivity index (χ4n) is 2.06. The van der Waals surface area contributed by atoms with Gasteiger partial charge in [0.05, 0.1) is 16.6 Å². The highest BCUT2D eigenvalue weighted by Gasteiger charge is 2.33. The molecule has 1 nitrogen and oxygen atoms in total. The standard InChI is InChI=1S/C14H7BrF3N/c15-10-4-5-12-9(7-10)6-8-2-1-3-11(13(8)19-12)14(16,17)18/h1-7H. The van der Waals surface area contributed by atoms with Gasteiger partial charge in [-0.1, -0.05) is 28.1 Å². The van der Waals surface area contributed by atoms with E-state index in [-0.39, 0.29) is 5.52 Å². The van der Waals surface area contributed by atoms with Crippen LogP contribution in [-0.4, -0.2) is 4.98 Å². The number of hydrogen-bond acceptors (Lipinski definition) is 1. The largest absolute Gasteiger partial charge is 0.418 e. The maximum absolute atomic E-state index is 12.9. The summed E-state index contributed by atoms with van der Waals surface area (Å²) in [6, 6.07) is 11.1. The molecule has 0 aliphatic carbocycles. The van der Waals surface area contributed by atoms with Gasteiger partial charge >= 0.3 is 6.18 Å². The molecule has 0 radical (unpaired) electrons. The summed E-state index contributed by atoms with van der Waals surface area (Å²) in [6.07, 6.45) is -4.39. The van der Waals surface area contributed by atoms with Gasteiger partial charge in [0.25, 0.3) is 0 Å². The van der Waals surface area contributed by atoms with E-state index in [9.17, 15) is 13.2 Å². The van der Waals surface area contributed by atoms with E-state index in [1.54, 1.807) is 24.3 Å². The predicted molar refractivity (Wildman–Crippen MR) is 72.0 cm³/mol. The van der Waals surface area contributed by atoms with Crippen LogP contribution in [0.25, 0.3) is 21.8 Å². The summed E-state index contributed by atoms with van der Waals surface area (Å²) < 4.78 is 39.7. The molecule has 0 amide bonds. The number of benzene rings is 2. The molecule has 3 aromatic rings. The molecule has 2 aromatic carbocycles. The number of para-hydroxylation sites is 1. The number of nitrogens with zero attached hydrogens (tertiary/aromatic N) is 1. The van der Waals surface area contributed by atoms with Crippen molar-refractivity contribution in [3.8, 4) is 0 Å². The first-order valence-corrected chi connectivity index (χ1v) is 6.31. The minimum atomic E-state index is -4.39. The first-order chi connectivity index (χ1) is 8.95. The number of fused-ring (bicyclic) bond motifs is 2. The molecule has 1 aromatic heterocycles. The Bertz CT molecular complexity index is 781. The number of aromatic nitrogens is 1. The molecule has 1 heterocycles. The molecule has 19 heavy (non-hydrogen) atoms. The van der Waals surface area contributed by atoms with Crippen molar-refractivity contribution in [3.63, 3.8) is 0 Å². The molecule has 0 saturated carbocycles. The van der Waals surface area contributed by atoms with Gasteiger partial charge in [0.2, 0.25) is 0 Å². The molecule has 0 N–H and O–H groups in total. The van der Waals surface area contributed by atoms with Gasteiger partial charge in [0.1, 0.15) is 0 Å². The second-order valence-corrected chi connectivity index (χ2v) is 5.12. The molecule has 0 fully saturated rings. The van der Waals surface area contributed by atoms with Crippen molar-refractivity contribution in [1.29, 1.82) is 0 Å². The lowest BCUT2D eigenvalue weighted by Crippen LogP contribution is -2.06. The number of pyridine rings is 1. The highest BCUT2D eigenvalue weighted by molar-refractivity contribution is 9.10. The fourth-order valence-corrected chi connectivity index (χ4v) is 2.44. The van der Waals surface area contributed by atoms with E-state index in [2.05, 4.69) is 20.9 Å². The Hall–Kier alpha value is -1.62. The summed E-state index contributed by atoms with van der Waals surface area (Å²) in [5.74, 6) is 0. The number of rotatable bonds is 0. The summed E-state index contributed by atoms with van der Waals surface area (Å²) >= 11 is 3.33. The highest BCUT2D eigenvalue weighted by atomic mass is 79.9. The molecule has 0 aliphatic heterocycles. The van der Waals surface area contributed by atoms with Crippen LogP contribution in [0, 0.1) is 0 Å². The van der Waals surface area contributed by atoms with Gasteiger partial charge in [-0.25, -0.2) is 4.98 Å². The van der Waals surface area contributed by atoms with Gasteiger partial charge in [0.15, 0.2) is 0 Å². The van der Waals surface area contributed by atoms with Crippen LogP contribution in [0.2, 0.25) is 0 Å². The molecule has 0 bridgehead atoms. The zero-order valence-corrected chi connectivity index (χ0v) is 11.1. The van der Waals surface area contributed by atoms with Crippen LogP contribution in [-0.2, 0) is 6.18 Å². The normalized spacial score (nSPS) is 12.2. The third-order valence-corrected chi connectivity index (χ3v) is 3.40. The Labute approximate surface area is 115 Å². The first kappa shape index (κ1) is 12.4. The highest BCUT2D eigenvalue weighted by Crippen LogP contribution is 2.35. The summed E-state index contributed by atoms with van der Waals surface area (Å²) in [5.41, 5.74) is -0.160. The van der Waals surface area contributed by atoms with E-state index in [4.69, 9.17) is 0 Å². The van der Waals surface area contributed by atoms with Crippen molar-refractivity contribution in [2.75, 3.05) is 0 Å². The number of hydrogen-bond donors (Lipinski definition) is 0. The van der Waals surface area contributed by atoms with Crippen molar-refractivity contribution < 1.29 is 13.2 Å². The molecular formula is C14H7BrF3N. The lowest BCUT2D eigenvalue weighted by molar-refractivity contribution is -0.136. The second-order valence-electron chi connectivity index (χ2n) is 4.20. The second kappa shape index (κ2) is 4.20. The lowest BCUT2D eigenvalue weighted by atomic mass is 10.1. The fraction of sp³-hybridized carbons (Fsp3) is 0.0714. The van der Waals surface area contributed by atoms with Gasteiger partial charge in [-0.15, -0.1) is 0 Å². The minimum Gasteiger partial charge on any atom is -0.247 e. The van der Waals surface area contributed by atoms with E-state index in [1.807, 2.05) is 6.07 Å². The van der Waals surface area contributed by atoms with Crippen molar-refractivity contribution in [2.24, 2.45) is 0 Å². The van der Waals surface area contributed by atoms with Gasteiger partial charge < -0.3 is 0 Å². The van der Waals surface area contributed by atoms with E-state index in [1.165, 1.54) is 6.07 Å². The summed E-state index contributed by atoms with van der Waals surface area (Å²) in [7, 11) is 0. The molecule has 0 atom stereocenters. The van der Waals surface area contributed by atoms with Crippen LogP contribution in [0.5, 0.6) is 0 Å². The maximum atomic E-state index is 12.9. The van der Waals surface area contributed by atoms with Crippen LogP contribution in [0.4, 0.5) is 13.2 Å². The SMILES string of the molecule is FC(F)(F)c1cccc2cc3cc(Br)ccc3nc12. The molecule has 96 valence electrons. The third kappa shape index (κ3) is 2.18. The number of alkyl halides is 3. The van der Waals surface area contributed by atoms with Crippen LogP contribution in [0.3, 0.4) is 0 Å². The minimum absolute atomic E-state index is 0.00942. The van der Waals surface area contributed by atoms with Crippen molar-refractivity contribution in [2.45, 2.75) is 6.18 Å². The topological polar surface area (TPSA) is 12.9 Å². The average Bonchev–Trinajstić information content (AvgIpc) is 2.34. The zero-order chi connectivity index (χ0) is 13.6. The predicted octanol–water partition coefficient (Wildman–Crippen LogP) is 5.17. The molecule has 5 heteroatoms. The Kier molecular flexibility index (Phi) is 2.74. The van der Waals surface area contributed by atoms with Crippen molar-refractivity contribution in [3.05, 3.63) is 52.5 Å². The molecule has 0 spiro atoms. The lowest BCUT2D eigenvalue weighted by Gasteiger charge is -2.10. The number of halogens is 4. The van der Waals surface area contributed by atoms with E-state index in [0.717, 1.165) is 15.9 Å². The van der Waals surface area contributed by atoms with Gasteiger partial charge in [0, 0.05) is 15.2 Å². The molecule has 0 unspecified atom stereocenters. The van der Waals surface area contributed by atoms with E-state index >= 15 is 0 Å². The maximum Gasteiger partial charge on any atom is 0.418 e. The summed E-state index contributed by atoms with van der Waals surface area (Å²) in [5, 5.41) is 1.29. The van der Waals surface area contributed by atoms with E-state index in [0.29, 0.717) is 10.9 Å². The monoisotopic (exact) mass is 325 g/mol. The zero-order valence-electron chi connectivity index (χ0n) is 9.50. The first-order valence-electron chi connectivity index (χ1n) is 5.51. The van der Waals surface area contributed by atoms with Crippen LogP contribution in [0.1, 0.15) is 5.56 Å². The molecule has 0 aliphatic rings. The summed E-state index contributed by atoms with van der Waals surface area (Å²) in [4.78, 5) is 4.14. The Morgan fingerprint density at radius 2 is 1.74 bits per heavy atom. The van der Waals surface area contributed by atoms with Crippen LogP contribution < -0.4 is 0 Å². The molecular weight excluding hydrogens is 319 g/mol. The van der Waals surface area contributed by atoms with Gasteiger partial charge in [-0.3, -0.25) is 0 Å². The Balaban J connectivity index is 2.41. The van der Waals surface area contributed by atoms with Crippen LogP contribution >= 0.6 is 15.9 Å². The summed E-state index contributed by atoms with van der Waals surface area (Å²) in [6.45, 7) is 0. The Morgan fingerprint density at radius 3 is 2.47 bits per heavy atom. The van der Waals surface area contributed by atoms with Gasteiger partial charge in [-0.05, 0) is 30.3 Å². The van der Waals surface area contributed by atoms with Crippen molar-refractivity contribution >= 4 is 37.7 Å². The average molecular weight is 326 g/mol. The quantitative estimate of drug-likeness (QED) is 0.520. The van der Waals surface area contributed by atoms with Crippen LogP contribution in [0.15, 0.2) is 46.9 Å². The van der Waals surface area contributed by atoms with Crippen molar-refractivity contribution in [1.82, 2.24) is 4.98 Å². The Morgan fingerprint density at radius 1 is 0.947 bits per heavy atom. The smallest absolute Gasteiger partial charge is 0.247 e.